The lowest BCUT2D eigenvalue weighted by Crippen LogP contribution is -1.97. The van der Waals surface area contributed by atoms with Crippen LogP contribution < -0.4 is 0 Å². The number of rotatable bonds is 6. The second-order valence-corrected chi connectivity index (χ2v) is 19.3. The van der Waals surface area contributed by atoms with Gasteiger partial charge in [0, 0.05) is 77.2 Å². The van der Waals surface area contributed by atoms with Crippen molar-refractivity contribution < 1.29 is 0 Å². The van der Waals surface area contributed by atoms with Crippen LogP contribution in [0.15, 0.2) is 206 Å². The van der Waals surface area contributed by atoms with Crippen molar-refractivity contribution in [2.75, 3.05) is 0 Å². The summed E-state index contributed by atoms with van der Waals surface area (Å²) in [4.78, 5) is 10.7. The molecule has 0 aliphatic heterocycles. The lowest BCUT2D eigenvalue weighted by Gasteiger charge is -2.15. The maximum Gasteiger partial charge on any atom is 0.160 e. The average Bonchev–Trinajstić information content (AvgIpc) is 4.04. The number of aromatic nitrogens is 2. The highest BCUT2D eigenvalue weighted by molar-refractivity contribution is 7.26. The summed E-state index contributed by atoms with van der Waals surface area (Å²) in [6.45, 7) is 0. The fraction of sp³-hybridized carbons (Fsp3) is 0. The van der Waals surface area contributed by atoms with E-state index in [0.717, 1.165) is 44.8 Å². The lowest BCUT2D eigenvalue weighted by atomic mass is 9.91. The van der Waals surface area contributed by atoms with Crippen molar-refractivity contribution in [3.8, 4) is 67.3 Å². The maximum atomic E-state index is 5.41. The van der Waals surface area contributed by atoms with Gasteiger partial charge in [-0.1, -0.05) is 140 Å². The molecule has 0 spiro atoms. The molecule has 4 heterocycles. The molecule has 13 aromatic rings. The summed E-state index contributed by atoms with van der Waals surface area (Å²) in [5.41, 5.74) is 11.9. The van der Waals surface area contributed by atoms with Gasteiger partial charge in [-0.25, -0.2) is 9.97 Å². The highest BCUT2D eigenvalue weighted by Crippen LogP contribution is 2.43. The first-order valence-electron chi connectivity index (χ1n) is 21.1. The minimum Gasteiger partial charge on any atom is -0.228 e. The molecule has 0 saturated heterocycles. The van der Waals surface area contributed by atoms with E-state index in [0.29, 0.717) is 5.82 Å². The number of benzene rings is 9. The molecule has 9 aromatic carbocycles. The maximum absolute atomic E-state index is 5.41. The minimum atomic E-state index is 0.698. The molecular formula is C58H34N2S3. The van der Waals surface area contributed by atoms with Gasteiger partial charge in [-0.2, -0.15) is 0 Å². The predicted molar refractivity (Wildman–Crippen MR) is 273 cm³/mol. The first kappa shape index (κ1) is 36.4. The third-order valence-electron chi connectivity index (χ3n) is 12.3. The van der Waals surface area contributed by atoms with E-state index in [1.807, 2.05) is 40.1 Å². The molecule has 0 N–H and O–H groups in total. The fourth-order valence-corrected chi connectivity index (χ4v) is 12.4. The van der Waals surface area contributed by atoms with E-state index in [1.165, 1.54) is 77.2 Å². The van der Waals surface area contributed by atoms with Crippen molar-refractivity contribution >= 4 is 94.5 Å². The molecule has 0 atom stereocenters. The molecule has 0 aliphatic rings. The van der Waals surface area contributed by atoms with Crippen molar-refractivity contribution in [3.05, 3.63) is 206 Å². The molecule has 0 fully saturated rings. The van der Waals surface area contributed by atoms with E-state index < -0.39 is 0 Å². The Morgan fingerprint density at radius 3 is 1.24 bits per heavy atom. The van der Waals surface area contributed by atoms with Gasteiger partial charge in [-0.3, -0.25) is 0 Å². The molecule has 5 heteroatoms. The van der Waals surface area contributed by atoms with Gasteiger partial charge in [0.05, 0.1) is 11.4 Å². The third-order valence-corrected chi connectivity index (χ3v) is 15.8. The van der Waals surface area contributed by atoms with Crippen LogP contribution in [-0.2, 0) is 0 Å². The van der Waals surface area contributed by atoms with E-state index in [1.54, 1.807) is 0 Å². The summed E-state index contributed by atoms with van der Waals surface area (Å²) in [6.07, 6.45) is 0. The molecule has 0 unspecified atom stereocenters. The minimum absolute atomic E-state index is 0.698. The highest BCUT2D eigenvalue weighted by atomic mass is 32.1. The average molecular weight is 855 g/mol. The first-order valence-corrected chi connectivity index (χ1v) is 23.6. The van der Waals surface area contributed by atoms with Crippen molar-refractivity contribution in [1.82, 2.24) is 9.97 Å². The summed E-state index contributed by atoms with van der Waals surface area (Å²) in [7, 11) is 0. The Kier molecular flexibility index (Phi) is 8.48. The van der Waals surface area contributed by atoms with E-state index in [4.69, 9.17) is 9.97 Å². The number of hydrogen-bond donors (Lipinski definition) is 0. The summed E-state index contributed by atoms with van der Waals surface area (Å²) >= 11 is 5.55. The zero-order chi connectivity index (χ0) is 41.4. The van der Waals surface area contributed by atoms with Gasteiger partial charge in [0.1, 0.15) is 0 Å². The highest BCUT2D eigenvalue weighted by Gasteiger charge is 2.18. The van der Waals surface area contributed by atoms with E-state index in [-0.39, 0.29) is 0 Å². The lowest BCUT2D eigenvalue weighted by molar-refractivity contribution is 1.18. The Labute approximate surface area is 375 Å². The largest absolute Gasteiger partial charge is 0.228 e. The summed E-state index contributed by atoms with van der Waals surface area (Å²) in [6, 6.07) is 75.1. The summed E-state index contributed by atoms with van der Waals surface area (Å²) in [5, 5.41) is 7.76. The van der Waals surface area contributed by atoms with Crippen LogP contribution in [0.2, 0.25) is 0 Å². The van der Waals surface area contributed by atoms with E-state index >= 15 is 0 Å². The molecule has 0 amide bonds. The van der Waals surface area contributed by atoms with Gasteiger partial charge >= 0.3 is 0 Å². The molecule has 0 radical (unpaired) electrons. The van der Waals surface area contributed by atoms with Gasteiger partial charge in [-0.15, -0.1) is 34.0 Å². The topological polar surface area (TPSA) is 25.8 Å². The van der Waals surface area contributed by atoms with Crippen molar-refractivity contribution in [1.29, 1.82) is 0 Å². The van der Waals surface area contributed by atoms with Crippen molar-refractivity contribution in [3.63, 3.8) is 0 Å². The molecule has 63 heavy (non-hydrogen) atoms. The van der Waals surface area contributed by atoms with Gasteiger partial charge in [-0.05, 0) is 100 Å². The molecule has 294 valence electrons. The van der Waals surface area contributed by atoms with Crippen LogP contribution in [0.5, 0.6) is 0 Å². The quantitative estimate of drug-likeness (QED) is 0.167. The number of hydrogen-bond acceptors (Lipinski definition) is 5. The Morgan fingerprint density at radius 2 is 0.651 bits per heavy atom. The summed E-state index contributed by atoms with van der Waals surface area (Å²) in [5.74, 6) is 0.698. The van der Waals surface area contributed by atoms with Crippen LogP contribution in [0.4, 0.5) is 0 Å². The smallest absolute Gasteiger partial charge is 0.160 e. The monoisotopic (exact) mass is 854 g/mol. The molecule has 0 bridgehead atoms. The summed E-state index contributed by atoms with van der Waals surface area (Å²) < 4.78 is 7.83. The van der Waals surface area contributed by atoms with Gasteiger partial charge in [0.15, 0.2) is 5.82 Å². The number of fused-ring (bicyclic) bond motifs is 9. The van der Waals surface area contributed by atoms with Gasteiger partial charge in [0.25, 0.3) is 0 Å². The molecule has 13 rings (SSSR count). The second-order valence-electron chi connectivity index (χ2n) is 16.1. The molecule has 4 aromatic heterocycles. The zero-order valence-corrected chi connectivity index (χ0v) is 36.2. The van der Waals surface area contributed by atoms with Gasteiger partial charge < -0.3 is 0 Å². The first-order chi connectivity index (χ1) is 31.2. The molecule has 0 aliphatic carbocycles. The Morgan fingerprint density at radius 1 is 0.238 bits per heavy atom. The second kappa shape index (κ2) is 14.7. The van der Waals surface area contributed by atoms with E-state index in [9.17, 15) is 0 Å². The predicted octanol–water partition coefficient (Wildman–Crippen LogP) is 17.6. The Balaban J connectivity index is 0.986. The Hall–Kier alpha value is -7.28. The van der Waals surface area contributed by atoms with Crippen LogP contribution in [-0.4, -0.2) is 9.97 Å². The van der Waals surface area contributed by atoms with E-state index in [2.05, 4.69) is 200 Å². The molecule has 0 saturated carbocycles. The standard InChI is InChI=1S/C58H34N2S3/c1-2-10-37(11-3-1)58-59-50(36-20-18-35(19-21-36)38-23-27-55-47(31-38)43-12-4-7-15-52(43)61-55)34-51(60-58)46-30-39(40-24-28-56-48(32-40)44-13-5-8-16-53(44)62-56)22-26-42(46)41-25-29-57-49(33-41)45-14-6-9-17-54(45)63-57/h1-34H. The SMILES string of the molecule is c1ccc(-c2nc(-c3ccc(-c4ccc5sc6ccccc6c5c4)cc3)cc(-c3cc(-c4ccc5sc6ccccc6c5c4)ccc3-c3ccc4sc5ccccc5c4c3)n2)cc1. The van der Waals surface area contributed by atoms with Crippen molar-refractivity contribution in [2.24, 2.45) is 0 Å². The van der Waals surface area contributed by atoms with Crippen LogP contribution in [0.1, 0.15) is 0 Å². The zero-order valence-electron chi connectivity index (χ0n) is 33.7. The third kappa shape index (κ3) is 6.27. The Bertz CT molecular complexity index is 3910. The van der Waals surface area contributed by atoms with Crippen LogP contribution >= 0.6 is 34.0 Å². The molecule has 2 nitrogen and oxygen atoms in total. The van der Waals surface area contributed by atoms with Crippen LogP contribution in [0.25, 0.3) is 128 Å². The molecular weight excluding hydrogens is 821 g/mol. The van der Waals surface area contributed by atoms with Crippen LogP contribution in [0.3, 0.4) is 0 Å². The normalized spacial score (nSPS) is 11.8. The van der Waals surface area contributed by atoms with Crippen LogP contribution in [0, 0.1) is 0 Å². The van der Waals surface area contributed by atoms with Gasteiger partial charge in [0.2, 0.25) is 0 Å². The fourth-order valence-electron chi connectivity index (χ4n) is 9.18. The number of thiophene rings is 3. The van der Waals surface area contributed by atoms with Crippen molar-refractivity contribution in [2.45, 2.75) is 0 Å². The number of nitrogens with zero attached hydrogens (tertiary/aromatic N) is 2.